The molecule has 0 aliphatic heterocycles. The first-order valence-electron chi connectivity index (χ1n) is 4.95. The molecule has 1 nitrogen and oxygen atoms in total. The molecule has 0 heterocycles. The van der Waals surface area contributed by atoms with Gasteiger partial charge in [-0.15, -0.1) is 0 Å². The molecular formula is C13H9F3O. The monoisotopic (exact) mass is 238 g/mol. The van der Waals surface area contributed by atoms with Crippen LogP contribution < -0.4 is 4.74 Å². The SMILES string of the molecule is Cc1ccc(Oc2cc(F)cc(F)c2)c(F)c1. The molecule has 4 heteroatoms. The number of hydrogen-bond acceptors (Lipinski definition) is 1. The molecule has 0 aliphatic carbocycles. The molecular weight excluding hydrogens is 229 g/mol. The van der Waals surface area contributed by atoms with Gasteiger partial charge in [-0.05, 0) is 24.6 Å². The second kappa shape index (κ2) is 4.49. The molecule has 2 aromatic rings. The Morgan fingerprint density at radius 1 is 0.882 bits per heavy atom. The summed E-state index contributed by atoms with van der Waals surface area (Å²) in [5, 5.41) is 0. The van der Waals surface area contributed by atoms with Gasteiger partial charge in [0, 0.05) is 18.2 Å². The van der Waals surface area contributed by atoms with Gasteiger partial charge in [-0.3, -0.25) is 0 Å². The van der Waals surface area contributed by atoms with Crippen molar-refractivity contribution < 1.29 is 17.9 Å². The number of rotatable bonds is 2. The van der Waals surface area contributed by atoms with E-state index in [0.717, 1.165) is 23.8 Å². The molecule has 0 unspecified atom stereocenters. The van der Waals surface area contributed by atoms with Gasteiger partial charge >= 0.3 is 0 Å². The van der Waals surface area contributed by atoms with E-state index in [-0.39, 0.29) is 11.5 Å². The van der Waals surface area contributed by atoms with E-state index in [2.05, 4.69) is 0 Å². The van der Waals surface area contributed by atoms with E-state index < -0.39 is 17.5 Å². The van der Waals surface area contributed by atoms with E-state index in [1.54, 1.807) is 13.0 Å². The van der Waals surface area contributed by atoms with Gasteiger partial charge in [0.1, 0.15) is 17.4 Å². The normalized spacial score (nSPS) is 10.4. The maximum atomic E-state index is 13.4. The van der Waals surface area contributed by atoms with Crippen molar-refractivity contribution in [1.82, 2.24) is 0 Å². The van der Waals surface area contributed by atoms with Crippen molar-refractivity contribution in [2.24, 2.45) is 0 Å². The Labute approximate surface area is 96.5 Å². The highest BCUT2D eigenvalue weighted by atomic mass is 19.1. The molecule has 2 rings (SSSR count). The quantitative estimate of drug-likeness (QED) is 0.761. The zero-order valence-electron chi connectivity index (χ0n) is 9.01. The van der Waals surface area contributed by atoms with E-state index in [0.29, 0.717) is 0 Å². The third-order valence-corrected chi connectivity index (χ3v) is 2.15. The van der Waals surface area contributed by atoms with E-state index in [1.807, 2.05) is 0 Å². The van der Waals surface area contributed by atoms with Crippen molar-refractivity contribution in [3.8, 4) is 11.5 Å². The average Bonchev–Trinajstić information content (AvgIpc) is 2.21. The van der Waals surface area contributed by atoms with Gasteiger partial charge in [-0.2, -0.15) is 0 Å². The van der Waals surface area contributed by atoms with Gasteiger partial charge in [0.05, 0.1) is 0 Å². The fourth-order valence-corrected chi connectivity index (χ4v) is 1.40. The average molecular weight is 238 g/mol. The van der Waals surface area contributed by atoms with Gasteiger partial charge in [0.2, 0.25) is 0 Å². The molecule has 0 amide bonds. The van der Waals surface area contributed by atoms with Gasteiger partial charge in [0.15, 0.2) is 11.6 Å². The van der Waals surface area contributed by atoms with Crippen LogP contribution >= 0.6 is 0 Å². The molecule has 0 saturated carbocycles. The maximum absolute atomic E-state index is 13.4. The van der Waals surface area contributed by atoms with Crippen LogP contribution in [-0.4, -0.2) is 0 Å². The molecule has 2 aromatic carbocycles. The summed E-state index contributed by atoms with van der Waals surface area (Å²) in [5.74, 6) is -2.26. The highest BCUT2D eigenvalue weighted by Crippen LogP contribution is 2.26. The summed E-state index contributed by atoms with van der Waals surface area (Å²) >= 11 is 0. The zero-order chi connectivity index (χ0) is 12.4. The number of hydrogen-bond donors (Lipinski definition) is 0. The van der Waals surface area contributed by atoms with Crippen LogP contribution in [0.3, 0.4) is 0 Å². The van der Waals surface area contributed by atoms with Crippen molar-refractivity contribution in [3.63, 3.8) is 0 Å². The van der Waals surface area contributed by atoms with Crippen LogP contribution in [-0.2, 0) is 0 Å². The van der Waals surface area contributed by atoms with Crippen molar-refractivity contribution >= 4 is 0 Å². The highest BCUT2D eigenvalue weighted by molar-refractivity contribution is 5.34. The Kier molecular flexibility index (Phi) is 3.04. The molecule has 0 bridgehead atoms. The first kappa shape index (κ1) is 11.5. The van der Waals surface area contributed by atoms with E-state index in [4.69, 9.17) is 4.74 Å². The van der Waals surface area contributed by atoms with Gasteiger partial charge in [-0.25, -0.2) is 13.2 Å². The number of halogens is 3. The highest BCUT2D eigenvalue weighted by Gasteiger charge is 2.07. The van der Waals surface area contributed by atoms with Crippen LogP contribution in [0.2, 0.25) is 0 Å². The van der Waals surface area contributed by atoms with E-state index in [9.17, 15) is 13.2 Å². The van der Waals surface area contributed by atoms with Crippen molar-refractivity contribution in [1.29, 1.82) is 0 Å². The lowest BCUT2D eigenvalue weighted by Gasteiger charge is -2.07. The summed E-state index contributed by atoms with van der Waals surface area (Å²) in [7, 11) is 0. The number of aryl methyl sites for hydroxylation is 1. The summed E-state index contributed by atoms with van der Waals surface area (Å²) in [6, 6.07) is 7.04. The molecule has 0 saturated heterocycles. The summed E-state index contributed by atoms with van der Waals surface area (Å²) in [5.41, 5.74) is 0.736. The molecule has 0 atom stereocenters. The van der Waals surface area contributed by atoms with Crippen LogP contribution in [0.4, 0.5) is 13.2 Å². The number of ether oxygens (including phenoxy) is 1. The molecule has 0 N–H and O–H groups in total. The Balaban J connectivity index is 2.31. The summed E-state index contributed by atoms with van der Waals surface area (Å²) in [6.45, 7) is 1.73. The topological polar surface area (TPSA) is 9.23 Å². The van der Waals surface area contributed by atoms with Crippen molar-refractivity contribution in [2.75, 3.05) is 0 Å². The largest absolute Gasteiger partial charge is 0.454 e. The van der Waals surface area contributed by atoms with Gasteiger partial charge in [-0.1, -0.05) is 6.07 Å². The Morgan fingerprint density at radius 2 is 1.53 bits per heavy atom. The fourth-order valence-electron chi connectivity index (χ4n) is 1.40. The lowest BCUT2D eigenvalue weighted by atomic mass is 10.2. The first-order chi connectivity index (χ1) is 8.04. The standard InChI is InChI=1S/C13H9F3O/c1-8-2-3-13(12(16)4-8)17-11-6-9(14)5-10(15)7-11/h2-7H,1H3. The molecule has 88 valence electrons. The first-order valence-corrected chi connectivity index (χ1v) is 4.95. The predicted molar refractivity (Wildman–Crippen MR) is 57.6 cm³/mol. The lowest BCUT2D eigenvalue weighted by molar-refractivity contribution is 0.433. The second-order valence-corrected chi connectivity index (χ2v) is 3.64. The summed E-state index contributed by atoms with van der Waals surface area (Å²) < 4.78 is 44.3. The molecule has 0 aromatic heterocycles. The Hall–Kier alpha value is -1.97. The van der Waals surface area contributed by atoms with Crippen LogP contribution in [0.1, 0.15) is 5.56 Å². The van der Waals surface area contributed by atoms with Crippen LogP contribution in [0.5, 0.6) is 11.5 Å². The maximum Gasteiger partial charge on any atom is 0.165 e. The third-order valence-electron chi connectivity index (χ3n) is 2.15. The molecule has 0 fully saturated rings. The van der Waals surface area contributed by atoms with Crippen molar-refractivity contribution in [3.05, 3.63) is 59.4 Å². The fraction of sp³-hybridized carbons (Fsp3) is 0.0769. The smallest absolute Gasteiger partial charge is 0.165 e. The van der Waals surface area contributed by atoms with Gasteiger partial charge in [0.25, 0.3) is 0 Å². The van der Waals surface area contributed by atoms with Crippen LogP contribution in [0.15, 0.2) is 36.4 Å². The molecule has 0 spiro atoms. The minimum Gasteiger partial charge on any atom is -0.454 e. The summed E-state index contributed by atoms with van der Waals surface area (Å²) in [6.07, 6.45) is 0. The zero-order valence-corrected chi connectivity index (χ0v) is 9.01. The molecule has 0 radical (unpaired) electrons. The Bertz CT molecular complexity index is 532. The third kappa shape index (κ3) is 2.78. The van der Waals surface area contributed by atoms with Crippen LogP contribution in [0, 0.1) is 24.4 Å². The molecule has 0 aliphatic rings. The minimum atomic E-state index is -0.771. The molecule has 17 heavy (non-hydrogen) atoms. The second-order valence-electron chi connectivity index (χ2n) is 3.64. The lowest BCUT2D eigenvalue weighted by Crippen LogP contribution is -1.91. The Morgan fingerprint density at radius 3 is 2.12 bits per heavy atom. The van der Waals surface area contributed by atoms with E-state index in [1.165, 1.54) is 12.1 Å². The predicted octanol–water partition coefficient (Wildman–Crippen LogP) is 4.20. The minimum absolute atomic E-state index is 0.0689. The van der Waals surface area contributed by atoms with E-state index >= 15 is 0 Å². The van der Waals surface area contributed by atoms with Crippen LogP contribution in [0.25, 0.3) is 0 Å². The van der Waals surface area contributed by atoms with Gasteiger partial charge < -0.3 is 4.74 Å². The van der Waals surface area contributed by atoms with Crippen molar-refractivity contribution in [2.45, 2.75) is 6.92 Å². The number of benzene rings is 2. The summed E-state index contributed by atoms with van der Waals surface area (Å²) in [4.78, 5) is 0.